The Labute approximate surface area is 156 Å². The van der Waals surface area contributed by atoms with E-state index in [1.165, 1.54) is 30.3 Å². The maximum absolute atomic E-state index is 11.4. The number of benzene rings is 2. The second-order valence-corrected chi connectivity index (χ2v) is 7.36. The lowest BCUT2D eigenvalue weighted by Gasteiger charge is -2.09. The van der Waals surface area contributed by atoms with Gasteiger partial charge in [0.15, 0.2) is 0 Å². The van der Waals surface area contributed by atoms with Crippen LogP contribution in [0, 0.1) is 0 Å². The molecule has 136 valence electrons. The molecule has 0 amide bonds. The standard InChI is InChI=1S/C16H10O9Si2/c17-13(18)8-5-4-7(6-10(8)15(21)22)26-25-27-11-3-1-2-9(14(19)20)12(11)16(23)24/h1-6H,(H,17,18)(H,19,20)(H,21,22)(H,23,24). The molecule has 0 aliphatic rings. The third kappa shape index (κ3) is 4.66. The molecule has 0 aliphatic heterocycles. The number of hydrogen-bond donors (Lipinski definition) is 4. The Hall–Kier alpha value is -3.29. The number of carboxylic acid groups (broad SMARTS) is 4. The Morgan fingerprint density at radius 3 is 1.89 bits per heavy atom. The molecule has 9 nitrogen and oxygen atoms in total. The fourth-order valence-electron chi connectivity index (χ4n) is 2.16. The molecule has 2 aromatic carbocycles. The van der Waals surface area contributed by atoms with Crippen molar-refractivity contribution in [3.05, 3.63) is 58.7 Å². The van der Waals surface area contributed by atoms with E-state index in [0.717, 1.165) is 6.07 Å². The van der Waals surface area contributed by atoms with Gasteiger partial charge in [-0.25, -0.2) is 19.2 Å². The zero-order valence-corrected chi connectivity index (χ0v) is 15.3. The maximum atomic E-state index is 11.4. The highest BCUT2D eigenvalue weighted by atomic mass is 28.3. The van der Waals surface area contributed by atoms with Gasteiger partial charge in [0.05, 0.1) is 22.3 Å². The molecule has 2 aromatic rings. The fourth-order valence-corrected chi connectivity index (χ4v) is 4.13. The van der Waals surface area contributed by atoms with Gasteiger partial charge in [-0.15, -0.1) is 0 Å². The van der Waals surface area contributed by atoms with Crippen LogP contribution in [0.25, 0.3) is 0 Å². The van der Waals surface area contributed by atoms with Gasteiger partial charge in [-0.1, -0.05) is 18.2 Å². The van der Waals surface area contributed by atoms with Gasteiger partial charge in [0.25, 0.3) is 19.5 Å². The van der Waals surface area contributed by atoms with Crippen molar-refractivity contribution in [1.82, 2.24) is 0 Å². The second kappa shape index (κ2) is 8.40. The molecule has 0 saturated carbocycles. The third-order valence-corrected chi connectivity index (χ3v) is 5.32. The number of carbonyl (C=O) groups is 4. The van der Waals surface area contributed by atoms with Gasteiger partial charge in [-0.3, -0.25) is 0 Å². The summed E-state index contributed by atoms with van der Waals surface area (Å²) in [4.78, 5) is 44.7. The second-order valence-electron chi connectivity index (χ2n) is 5.02. The Morgan fingerprint density at radius 2 is 1.33 bits per heavy atom. The van der Waals surface area contributed by atoms with Crippen molar-refractivity contribution < 1.29 is 43.7 Å². The van der Waals surface area contributed by atoms with Crippen LogP contribution >= 0.6 is 0 Å². The average Bonchev–Trinajstić information content (AvgIpc) is 2.60. The predicted octanol–water partition coefficient (Wildman–Crippen LogP) is -0.315. The fraction of sp³-hybridized carbons (Fsp3) is 0. The molecule has 0 aliphatic carbocycles. The van der Waals surface area contributed by atoms with E-state index in [9.17, 15) is 24.3 Å². The van der Waals surface area contributed by atoms with Crippen molar-refractivity contribution >= 4 is 53.8 Å². The van der Waals surface area contributed by atoms with Crippen LogP contribution in [-0.4, -0.2) is 63.8 Å². The number of hydrogen-bond acceptors (Lipinski definition) is 5. The Kier molecular flexibility index (Phi) is 6.23. The molecule has 0 spiro atoms. The third-order valence-electron chi connectivity index (χ3n) is 3.32. The smallest absolute Gasteiger partial charge is 0.336 e. The summed E-state index contributed by atoms with van der Waals surface area (Å²) < 4.78 is 5.43. The quantitative estimate of drug-likeness (QED) is 0.434. The normalized spacial score (nSPS) is 10.4. The van der Waals surface area contributed by atoms with E-state index in [-0.39, 0.29) is 21.9 Å². The molecule has 11 heteroatoms. The average molecular weight is 402 g/mol. The van der Waals surface area contributed by atoms with Gasteiger partial charge in [-0.2, -0.15) is 0 Å². The van der Waals surface area contributed by atoms with Crippen LogP contribution in [0.2, 0.25) is 0 Å². The van der Waals surface area contributed by atoms with E-state index >= 15 is 0 Å². The van der Waals surface area contributed by atoms with Crippen LogP contribution in [-0.2, 0) is 4.12 Å². The van der Waals surface area contributed by atoms with Crippen LogP contribution in [0.4, 0.5) is 0 Å². The monoisotopic (exact) mass is 402 g/mol. The van der Waals surface area contributed by atoms with Gasteiger partial charge < -0.3 is 24.5 Å². The molecule has 0 heterocycles. The number of carboxylic acids is 4. The molecule has 0 fully saturated rings. The van der Waals surface area contributed by atoms with Crippen molar-refractivity contribution in [3.63, 3.8) is 0 Å². The summed E-state index contributed by atoms with van der Waals surface area (Å²) in [5.41, 5.74) is -1.49. The number of aromatic carboxylic acids is 4. The van der Waals surface area contributed by atoms with Gasteiger partial charge in [0.2, 0.25) is 0 Å². The first kappa shape index (κ1) is 20.0. The molecule has 0 bridgehead atoms. The summed E-state index contributed by atoms with van der Waals surface area (Å²) in [5, 5.41) is 37.0. The van der Waals surface area contributed by atoms with Crippen molar-refractivity contribution in [1.29, 1.82) is 0 Å². The molecule has 0 unspecified atom stereocenters. The van der Waals surface area contributed by atoms with E-state index < -0.39 is 49.0 Å². The van der Waals surface area contributed by atoms with Crippen molar-refractivity contribution in [2.75, 3.05) is 0 Å². The Bertz CT molecular complexity index is 939. The molecular weight excluding hydrogens is 392 g/mol. The van der Waals surface area contributed by atoms with Gasteiger partial charge in [0.1, 0.15) is 0 Å². The van der Waals surface area contributed by atoms with Gasteiger partial charge >= 0.3 is 23.9 Å². The molecular formula is C16H10O9Si2. The van der Waals surface area contributed by atoms with Crippen molar-refractivity contribution in [3.8, 4) is 0 Å². The Morgan fingerprint density at radius 1 is 0.704 bits per heavy atom. The minimum absolute atomic E-state index is 0.176. The minimum atomic E-state index is -1.40. The summed E-state index contributed by atoms with van der Waals surface area (Å²) >= 11 is 0. The van der Waals surface area contributed by atoms with Crippen LogP contribution in [0.5, 0.6) is 0 Å². The first-order valence-electron chi connectivity index (χ1n) is 7.10. The summed E-state index contributed by atoms with van der Waals surface area (Å²) in [6, 6.07) is 7.70. The Balaban J connectivity index is 2.20. The largest absolute Gasteiger partial charge is 0.478 e. The summed E-state index contributed by atoms with van der Waals surface area (Å²) in [6.45, 7) is 0. The van der Waals surface area contributed by atoms with Gasteiger partial charge in [-0.05, 0) is 28.6 Å². The van der Waals surface area contributed by atoms with E-state index in [1.54, 1.807) is 0 Å². The molecule has 2 rings (SSSR count). The molecule has 4 N–H and O–H groups in total. The van der Waals surface area contributed by atoms with Gasteiger partial charge in [0, 0.05) is 0 Å². The van der Waals surface area contributed by atoms with Crippen LogP contribution in [0.1, 0.15) is 41.4 Å². The van der Waals surface area contributed by atoms with Crippen LogP contribution in [0.15, 0.2) is 36.4 Å². The zero-order chi connectivity index (χ0) is 20.1. The first-order valence-corrected chi connectivity index (χ1v) is 8.92. The highest BCUT2D eigenvalue weighted by Gasteiger charge is 2.21. The highest BCUT2D eigenvalue weighted by Crippen LogP contribution is 2.08. The van der Waals surface area contributed by atoms with E-state index in [1.807, 2.05) is 0 Å². The molecule has 4 radical (unpaired) electrons. The lowest BCUT2D eigenvalue weighted by Crippen LogP contribution is -2.31. The molecule has 27 heavy (non-hydrogen) atoms. The number of rotatable bonds is 8. The summed E-state index contributed by atoms with van der Waals surface area (Å²) in [5.74, 6) is -5.55. The molecule has 0 aromatic heterocycles. The maximum Gasteiger partial charge on any atom is 0.336 e. The topological polar surface area (TPSA) is 158 Å². The van der Waals surface area contributed by atoms with Crippen molar-refractivity contribution in [2.45, 2.75) is 0 Å². The van der Waals surface area contributed by atoms with Crippen LogP contribution < -0.4 is 10.4 Å². The first-order chi connectivity index (χ1) is 12.7. The zero-order valence-electron chi connectivity index (χ0n) is 13.3. The van der Waals surface area contributed by atoms with E-state index in [4.69, 9.17) is 19.4 Å². The van der Waals surface area contributed by atoms with E-state index in [2.05, 4.69) is 0 Å². The lowest BCUT2D eigenvalue weighted by molar-refractivity contribution is 0.0651. The summed E-state index contributed by atoms with van der Waals surface area (Å²) in [6.07, 6.45) is 0. The van der Waals surface area contributed by atoms with Crippen LogP contribution in [0.3, 0.4) is 0 Å². The summed E-state index contributed by atoms with van der Waals surface area (Å²) in [7, 11) is -0.895. The SMILES string of the molecule is O=C(O)c1ccc([Si]O[Si]c2cccc(C(=O)O)c2C(=O)O)cc1C(=O)O. The molecule has 0 saturated heterocycles. The highest BCUT2D eigenvalue weighted by molar-refractivity contribution is 6.61. The van der Waals surface area contributed by atoms with E-state index in [0.29, 0.717) is 5.19 Å². The van der Waals surface area contributed by atoms with Crippen molar-refractivity contribution in [2.24, 2.45) is 0 Å². The lowest BCUT2D eigenvalue weighted by atomic mass is 10.1. The molecule has 0 atom stereocenters. The minimum Gasteiger partial charge on any atom is -0.478 e. The predicted molar refractivity (Wildman–Crippen MR) is 92.6 cm³/mol.